The van der Waals surface area contributed by atoms with Gasteiger partial charge in [-0.05, 0) is 62.9 Å². The molecule has 0 amide bonds. The first-order valence-electron chi connectivity index (χ1n) is 4.09. The molecule has 1 aromatic carbocycles. The molecule has 1 aliphatic rings. The number of rotatable bonds is 1. The van der Waals surface area contributed by atoms with Crippen molar-refractivity contribution in [3.8, 4) is 0 Å². The zero-order valence-electron chi connectivity index (χ0n) is 7.14. The Labute approximate surface area is 115 Å². The summed E-state index contributed by atoms with van der Waals surface area (Å²) >= 11 is 10.5. The molecule has 1 aromatic rings. The lowest BCUT2D eigenvalue weighted by molar-refractivity contribution is 0.128. The summed E-state index contributed by atoms with van der Waals surface area (Å²) in [5.74, 6) is 0. The van der Waals surface area contributed by atoms with Gasteiger partial charge in [-0.2, -0.15) is 0 Å². The Balaban J connectivity index is 2.29. The monoisotopic (exact) mass is 432 g/mol. The Hall–Kier alpha value is 0.670. The van der Waals surface area contributed by atoms with Crippen LogP contribution in [0.5, 0.6) is 0 Å². The molecular formula is C10H7ClI2O. The predicted octanol–water partition coefficient (Wildman–Crippen LogP) is 4.49. The highest BCUT2D eigenvalue weighted by Crippen LogP contribution is 2.40. The van der Waals surface area contributed by atoms with Crippen LogP contribution in [0.15, 0.2) is 31.4 Å². The van der Waals surface area contributed by atoms with E-state index in [0.717, 1.165) is 11.6 Å². The second kappa shape index (κ2) is 4.67. The van der Waals surface area contributed by atoms with Gasteiger partial charge < -0.3 is 4.74 Å². The average molecular weight is 432 g/mol. The molecule has 0 spiro atoms. The Morgan fingerprint density at radius 3 is 2.36 bits per heavy atom. The fourth-order valence-electron chi connectivity index (χ4n) is 1.32. The van der Waals surface area contributed by atoms with Gasteiger partial charge in [0.15, 0.2) is 0 Å². The fourth-order valence-corrected chi connectivity index (χ4v) is 2.60. The SMILES string of the molecule is Clc1ccc(C2OCC(I)=C2I)cc1. The van der Waals surface area contributed by atoms with Crippen LogP contribution in [0.3, 0.4) is 0 Å². The third-order valence-corrected chi connectivity index (χ3v) is 5.43. The predicted molar refractivity (Wildman–Crippen MR) is 75.2 cm³/mol. The Kier molecular flexibility index (Phi) is 3.73. The maximum absolute atomic E-state index is 5.83. The second-order valence-electron chi connectivity index (χ2n) is 3.00. The van der Waals surface area contributed by atoms with E-state index in [1.807, 2.05) is 24.3 Å². The van der Waals surface area contributed by atoms with E-state index < -0.39 is 0 Å². The van der Waals surface area contributed by atoms with Crippen LogP contribution >= 0.6 is 56.8 Å². The molecule has 1 atom stereocenters. The van der Waals surface area contributed by atoms with Gasteiger partial charge >= 0.3 is 0 Å². The van der Waals surface area contributed by atoms with Crippen LogP contribution in [0.2, 0.25) is 5.02 Å². The molecule has 0 aromatic heterocycles. The average Bonchev–Trinajstić information content (AvgIpc) is 2.50. The van der Waals surface area contributed by atoms with Crippen LogP contribution in [-0.2, 0) is 4.74 Å². The zero-order valence-corrected chi connectivity index (χ0v) is 12.2. The number of ether oxygens (including phenoxy) is 1. The zero-order chi connectivity index (χ0) is 10.1. The van der Waals surface area contributed by atoms with E-state index in [4.69, 9.17) is 16.3 Å². The lowest BCUT2D eigenvalue weighted by atomic mass is 10.1. The van der Waals surface area contributed by atoms with Gasteiger partial charge in [0.1, 0.15) is 6.10 Å². The fraction of sp³-hybridized carbons (Fsp3) is 0.200. The normalized spacial score (nSPS) is 21.8. The number of halogens is 3. The van der Waals surface area contributed by atoms with Crippen molar-refractivity contribution in [3.05, 3.63) is 42.0 Å². The summed E-state index contributed by atoms with van der Waals surface area (Å²) in [7, 11) is 0. The molecule has 0 aliphatic carbocycles. The lowest BCUT2D eigenvalue weighted by Crippen LogP contribution is -1.97. The van der Waals surface area contributed by atoms with Crippen molar-refractivity contribution in [2.24, 2.45) is 0 Å². The molecule has 4 heteroatoms. The highest BCUT2D eigenvalue weighted by molar-refractivity contribution is 14.1. The number of benzene rings is 1. The minimum atomic E-state index is 0.111. The van der Waals surface area contributed by atoms with E-state index in [9.17, 15) is 0 Å². The van der Waals surface area contributed by atoms with Crippen molar-refractivity contribution in [2.75, 3.05) is 6.61 Å². The first-order chi connectivity index (χ1) is 6.68. The van der Waals surface area contributed by atoms with Crippen LogP contribution in [0.1, 0.15) is 11.7 Å². The molecule has 0 bridgehead atoms. The van der Waals surface area contributed by atoms with Gasteiger partial charge in [-0.15, -0.1) is 0 Å². The minimum absolute atomic E-state index is 0.111. The van der Waals surface area contributed by atoms with Gasteiger partial charge in [-0.3, -0.25) is 0 Å². The minimum Gasteiger partial charge on any atom is -0.363 e. The molecule has 1 unspecified atom stereocenters. The topological polar surface area (TPSA) is 9.23 Å². The van der Waals surface area contributed by atoms with Crippen molar-refractivity contribution >= 4 is 56.8 Å². The summed E-state index contributed by atoms with van der Waals surface area (Å²) in [6.45, 7) is 0.728. The quantitative estimate of drug-likeness (QED) is 0.594. The van der Waals surface area contributed by atoms with Crippen molar-refractivity contribution in [2.45, 2.75) is 6.10 Å². The van der Waals surface area contributed by atoms with Crippen LogP contribution in [0, 0.1) is 0 Å². The summed E-state index contributed by atoms with van der Waals surface area (Å²) in [6, 6.07) is 7.83. The first-order valence-corrected chi connectivity index (χ1v) is 6.63. The van der Waals surface area contributed by atoms with Crippen molar-refractivity contribution < 1.29 is 4.74 Å². The summed E-state index contributed by atoms with van der Waals surface area (Å²) < 4.78 is 8.25. The van der Waals surface area contributed by atoms with Crippen LogP contribution < -0.4 is 0 Å². The third kappa shape index (κ3) is 2.25. The highest BCUT2D eigenvalue weighted by atomic mass is 127. The van der Waals surface area contributed by atoms with Gasteiger partial charge in [0.2, 0.25) is 0 Å². The number of hydrogen-bond acceptors (Lipinski definition) is 1. The molecule has 1 nitrogen and oxygen atoms in total. The van der Waals surface area contributed by atoms with Gasteiger partial charge in [-0.25, -0.2) is 0 Å². The smallest absolute Gasteiger partial charge is 0.114 e. The summed E-state index contributed by atoms with van der Waals surface area (Å²) in [5.41, 5.74) is 1.17. The first kappa shape index (κ1) is 11.2. The summed E-state index contributed by atoms with van der Waals surface area (Å²) in [5, 5.41) is 0.764. The molecule has 0 saturated carbocycles. The third-order valence-electron chi connectivity index (χ3n) is 2.04. The Morgan fingerprint density at radius 1 is 1.21 bits per heavy atom. The number of hydrogen-bond donors (Lipinski definition) is 0. The molecule has 14 heavy (non-hydrogen) atoms. The Bertz CT molecular complexity index is 372. The highest BCUT2D eigenvalue weighted by Gasteiger charge is 2.24. The summed E-state index contributed by atoms with van der Waals surface area (Å²) in [4.78, 5) is 0. The maximum atomic E-state index is 5.83. The second-order valence-corrected chi connectivity index (χ2v) is 5.90. The molecule has 74 valence electrons. The molecule has 1 aliphatic heterocycles. The van der Waals surface area contributed by atoms with Crippen molar-refractivity contribution in [1.29, 1.82) is 0 Å². The van der Waals surface area contributed by atoms with Gasteiger partial charge in [0.25, 0.3) is 0 Å². The van der Waals surface area contributed by atoms with Gasteiger partial charge in [-0.1, -0.05) is 23.7 Å². The molecule has 0 fully saturated rings. The maximum Gasteiger partial charge on any atom is 0.114 e. The van der Waals surface area contributed by atoms with Crippen LogP contribution in [0.4, 0.5) is 0 Å². The van der Waals surface area contributed by atoms with Gasteiger partial charge in [0, 0.05) is 12.2 Å². The molecule has 0 radical (unpaired) electrons. The van der Waals surface area contributed by atoms with Crippen molar-refractivity contribution in [3.63, 3.8) is 0 Å². The molecule has 0 saturated heterocycles. The molecular weight excluding hydrogens is 425 g/mol. The Morgan fingerprint density at radius 2 is 1.86 bits per heavy atom. The van der Waals surface area contributed by atoms with Crippen LogP contribution in [0.25, 0.3) is 0 Å². The van der Waals surface area contributed by atoms with E-state index in [-0.39, 0.29) is 6.10 Å². The molecule has 1 heterocycles. The lowest BCUT2D eigenvalue weighted by Gasteiger charge is -2.10. The van der Waals surface area contributed by atoms with E-state index in [0.29, 0.717) is 0 Å². The molecule has 0 N–H and O–H groups in total. The van der Waals surface area contributed by atoms with E-state index >= 15 is 0 Å². The van der Waals surface area contributed by atoms with Gasteiger partial charge in [0.05, 0.1) is 6.61 Å². The van der Waals surface area contributed by atoms with E-state index in [1.165, 1.54) is 12.7 Å². The van der Waals surface area contributed by atoms with Crippen LogP contribution in [-0.4, -0.2) is 6.61 Å². The van der Waals surface area contributed by atoms with E-state index in [1.54, 1.807) is 0 Å². The van der Waals surface area contributed by atoms with Crippen molar-refractivity contribution in [1.82, 2.24) is 0 Å². The molecule has 2 rings (SSSR count). The van der Waals surface area contributed by atoms with E-state index in [2.05, 4.69) is 45.2 Å². The largest absolute Gasteiger partial charge is 0.363 e. The standard InChI is InChI=1S/C10H7ClI2O/c11-7-3-1-6(2-4-7)10-9(13)8(12)5-14-10/h1-4,10H,5H2. The summed E-state index contributed by atoms with van der Waals surface area (Å²) in [6.07, 6.45) is 0.111.